The normalized spacial score (nSPS) is 14.8. The fraction of sp³-hybridized carbons (Fsp3) is 0.333. The number of nitrogens with one attached hydrogen (secondary N) is 1. The lowest BCUT2D eigenvalue weighted by atomic mass is 10.1. The standard InChI is InChI=1S/C24H27ClN4O2S/c1-17-16-23(18(2)15-21(17)25)32(30,31)28-20-9-7-19(8-10-20)22-11-12-24(27-26-22)29-13-5-3-4-6-14-29/h7-12,15-16,28H,3-6,13-14H2,1-2H3. The fourth-order valence-electron chi connectivity index (χ4n) is 3.91. The summed E-state index contributed by atoms with van der Waals surface area (Å²) in [7, 11) is -3.72. The monoisotopic (exact) mass is 470 g/mol. The van der Waals surface area contributed by atoms with Gasteiger partial charge in [0.25, 0.3) is 10.0 Å². The van der Waals surface area contributed by atoms with Crippen LogP contribution in [0, 0.1) is 13.8 Å². The Morgan fingerprint density at radius 1 is 0.875 bits per heavy atom. The number of benzene rings is 2. The van der Waals surface area contributed by atoms with E-state index in [1.54, 1.807) is 38.1 Å². The Bertz CT molecular complexity index is 1190. The predicted octanol–water partition coefficient (Wildman–Crippen LogP) is 5.60. The first-order chi connectivity index (χ1) is 15.3. The van der Waals surface area contributed by atoms with Gasteiger partial charge in [-0.15, -0.1) is 10.2 Å². The molecule has 1 N–H and O–H groups in total. The number of halogens is 1. The molecule has 0 unspecified atom stereocenters. The summed E-state index contributed by atoms with van der Waals surface area (Å²) < 4.78 is 28.4. The maximum atomic E-state index is 12.9. The number of anilines is 2. The van der Waals surface area contributed by atoms with Gasteiger partial charge in [0.2, 0.25) is 0 Å². The van der Waals surface area contributed by atoms with Gasteiger partial charge < -0.3 is 4.90 Å². The number of nitrogens with zero attached hydrogens (tertiary/aromatic N) is 3. The molecule has 0 atom stereocenters. The second-order valence-corrected chi connectivity index (χ2v) is 10.3. The van der Waals surface area contributed by atoms with Crippen molar-refractivity contribution in [2.45, 2.75) is 44.4 Å². The van der Waals surface area contributed by atoms with Gasteiger partial charge in [-0.25, -0.2) is 8.42 Å². The molecule has 6 nitrogen and oxygen atoms in total. The summed E-state index contributed by atoms with van der Waals surface area (Å²) in [6.45, 7) is 5.57. The number of aromatic nitrogens is 2. The maximum Gasteiger partial charge on any atom is 0.262 e. The van der Waals surface area contributed by atoms with E-state index in [9.17, 15) is 8.42 Å². The van der Waals surface area contributed by atoms with Crippen LogP contribution in [0.15, 0.2) is 53.4 Å². The van der Waals surface area contributed by atoms with E-state index in [0.717, 1.165) is 35.7 Å². The van der Waals surface area contributed by atoms with Gasteiger partial charge in [0.1, 0.15) is 0 Å². The van der Waals surface area contributed by atoms with Crippen LogP contribution in [-0.4, -0.2) is 31.7 Å². The lowest BCUT2D eigenvalue weighted by Crippen LogP contribution is -2.25. The van der Waals surface area contributed by atoms with Crippen LogP contribution in [0.5, 0.6) is 0 Å². The highest BCUT2D eigenvalue weighted by atomic mass is 35.5. The van der Waals surface area contributed by atoms with Crippen LogP contribution in [0.1, 0.15) is 36.8 Å². The minimum absolute atomic E-state index is 0.221. The van der Waals surface area contributed by atoms with Gasteiger partial charge in [0, 0.05) is 29.4 Å². The molecule has 32 heavy (non-hydrogen) atoms. The molecule has 168 valence electrons. The largest absolute Gasteiger partial charge is 0.355 e. The summed E-state index contributed by atoms with van der Waals surface area (Å²) in [5, 5.41) is 9.36. The Kier molecular flexibility index (Phi) is 6.67. The maximum absolute atomic E-state index is 12.9. The van der Waals surface area contributed by atoms with E-state index in [2.05, 4.69) is 19.8 Å². The second kappa shape index (κ2) is 9.46. The molecule has 0 saturated carbocycles. The van der Waals surface area contributed by atoms with Crippen molar-refractivity contribution in [3.8, 4) is 11.3 Å². The summed E-state index contributed by atoms with van der Waals surface area (Å²) in [6.07, 6.45) is 4.93. The molecule has 0 amide bonds. The number of rotatable bonds is 5. The molecule has 2 heterocycles. The van der Waals surface area contributed by atoms with Crippen LogP contribution >= 0.6 is 11.6 Å². The molecule has 8 heteroatoms. The predicted molar refractivity (Wildman–Crippen MR) is 130 cm³/mol. The Morgan fingerprint density at radius 2 is 1.56 bits per heavy atom. The van der Waals surface area contributed by atoms with Crippen molar-refractivity contribution in [3.05, 3.63) is 64.7 Å². The zero-order valence-corrected chi connectivity index (χ0v) is 19.9. The minimum Gasteiger partial charge on any atom is -0.355 e. The lowest BCUT2D eigenvalue weighted by Gasteiger charge is -2.20. The molecule has 1 aliphatic heterocycles. The molecule has 0 bridgehead atoms. The molecular weight excluding hydrogens is 444 g/mol. The van der Waals surface area contributed by atoms with Crippen LogP contribution in [0.4, 0.5) is 11.5 Å². The highest BCUT2D eigenvalue weighted by molar-refractivity contribution is 7.92. The second-order valence-electron chi connectivity index (χ2n) is 8.23. The number of aryl methyl sites for hydroxylation is 2. The Hall–Kier alpha value is -2.64. The lowest BCUT2D eigenvalue weighted by molar-refractivity contribution is 0.600. The quantitative estimate of drug-likeness (QED) is 0.525. The molecule has 1 aromatic heterocycles. The van der Waals surface area contributed by atoms with E-state index in [1.807, 2.05) is 24.3 Å². The van der Waals surface area contributed by atoms with Crippen LogP contribution in [-0.2, 0) is 10.0 Å². The van der Waals surface area contributed by atoms with E-state index in [0.29, 0.717) is 16.3 Å². The van der Waals surface area contributed by atoms with Crippen molar-refractivity contribution in [2.75, 3.05) is 22.7 Å². The highest BCUT2D eigenvalue weighted by Gasteiger charge is 2.18. The summed E-state index contributed by atoms with van der Waals surface area (Å²) >= 11 is 6.10. The van der Waals surface area contributed by atoms with E-state index >= 15 is 0 Å². The van der Waals surface area contributed by atoms with Crippen LogP contribution in [0.3, 0.4) is 0 Å². The molecule has 4 rings (SSSR count). The molecule has 3 aromatic rings. The topological polar surface area (TPSA) is 75.2 Å². The van der Waals surface area contributed by atoms with E-state index in [4.69, 9.17) is 11.6 Å². The Labute approximate surface area is 194 Å². The third kappa shape index (κ3) is 5.05. The van der Waals surface area contributed by atoms with Gasteiger partial charge >= 0.3 is 0 Å². The molecule has 2 aromatic carbocycles. The van der Waals surface area contributed by atoms with Crippen LogP contribution in [0.25, 0.3) is 11.3 Å². The molecule has 0 spiro atoms. The number of hydrogen-bond donors (Lipinski definition) is 1. The Morgan fingerprint density at radius 3 is 2.19 bits per heavy atom. The molecule has 1 saturated heterocycles. The molecular formula is C24H27ClN4O2S. The number of sulfonamides is 1. The van der Waals surface area contributed by atoms with E-state index in [-0.39, 0.29) is 4.90 Å². The first-order valence-corrected chi connectivity index (χ1v) is 12.7. The van der Waals surface area contributed by atoms with Gasteiger partial charge in [-0.3, -0.25) is 4.72 Å². The first kappa shape index (κ1) is 22.6. The average Bonchev–Trinajstić information content (AvgIpc) is 3.06. The van der Waals surface area contributed by atoms with Crippen LogP contribution < -0.4 is 9.62 Å². The first-order valence-electron chi connectivity index (χ1n) is 10.8. The minimum atomic E-state index is -3.72. The van der Waals surface area contributed by atoms with E-state index in [1.165, 1.54) is 25.7 Å². The SMILES string of the molecule is Cc1cc(S(=O)(=O)Nc2ccc(-c3ccc(N4CCCCCC4)nn3)cc2)c(C)cc1Cl. The van der Waals surface area contributed by atoms with Crippen molar-refractivity contribution in [1.29, 1.82) is 0 Å². The average molecular weight is 471 g/mol. The van der Waals surface area contributed by atoms with Crippen molar-refractivity contribution < 1.29 is 8.42 Å². The molecule has 0 aliphatic carbocycles. The summed E-state index contributed by atoms with van der Waals surface area (Å²) in [4.78, 5) is 2.51. The smallest absolute Gasteiger partial charge is 0.262 e. The van der Waals surface area contributed by atoms with Crippen molar-refractivity contribution >= 4 is 33.1 Å². The summed E-state index contributed by atoms with van der Waals surface area (Å²) in [6, 6.07) is 14.4. The third-order valence-corrected chi connectivity index (χ3v) is 7.69. The van der Waals surface area contributed by atoms with Crippen molar-refractivity contribution in [3.63, 3.8) is 0 Å². The van der Waals surface area contributed by atoms with Crippen molar-refractivity contribution in [1.82, 2.24) is 10.2 Å². The van der Waals surface area contributed by atoms with Crippen molar-refractivity contribution in [2.24, 2.45) is 0 Å². The third-order valence-electron chi connectivity index (χ3n) is 5.76. The number of hydrogen-bond acceptors (Lipinski definition) is 5. The fourth-order valence-corrected chi connectivity index (χ4v) is 5.50. The zero-order chi connectivity index (χ0) is 22.7. The van der Waals surface area contributed by atoms with Gasteiger partial charge in [-0.1, -0.05) is 36.6 Å². The molecule has 1 aliphatic rings. The van der Waals surface area contributed by atoms with Gasteiger partial charge in [-0.2, -0.15) is 0 Å². The van der Waals surface area contributed by atoms with E-state index < -0.39 is 10.0 Å². The highest BCUT2D eigenvalue weighted by Crippen LogP contribution is 2.27. The summed E-state index contributed by atoms with van der Waals surface area (Å²) in [5.41, 5.74) is 3.43. The molecule has 0 radical (unpaired) electrons. The van der Waals surface area contributed by atoms with Gasteiger partial charge in [0.05, 0.1) is 10.6 Å². The molecule has 1 fully saturated rings. The summed E-state index contributed by atoms with van der Waals surface area (Å²) in [5.74, 6) is 0.911. The van der Waals surface area contributed by atoms with Crippen LogP contribution in [0.2, 0.25) is 5.02 Å². The Balaban J connectivity index is 1.49. The zero-order valence-electron chi connectivity index (χ0n) is 18.3. The van der Waals surface area contributed by atoms with Gasteiger partial charge in [0.15, 0.2) is 5.82 Å². The van der Waals surface area contributed by atoms with Gasteiger partial charge in [-0.05, 0) is 74.2 Å².